The van der Waals surface area contributed by atoms with E-state index in [9.17, 15) is 23.1 Å². The molecule has 1 aliphatic carbocycles. The number of sulfonamides is 1. The number of rotatable bonds is 7. The number of esters is 1. The summed E-state index contributed by atoms with van der Waals surface area (Å²) in [5.41, 5.74) is 0. The molecule has 0 aromatic carbocycles. The van der Waals surface area contributed by atoms with E-state index in [1.165, 1.54) is 7.11 Å². The topological polar surface area (TPSA) is 110 Å². The van der Waals surface area contributed by atoms with E-state index in [1.807, 2.05) is 13.8 Å². The molecule has 2 N–H and O–H groups in total. The van der Waals surface area contributed by atoms with Crippen LogP contribution in [-0.2, 0) is 24.3 Å². The second-order valence-corrected chi connectivity index (χ2v) is 8.07. The van der Waals surface area contributed by atoms with Gasteiger partial charge in [-0.15, -0.1) is 0 Å². The lowest BCUT2D eigenvalue weighted by atomic mass is 9.89. The van der Waals surface area contributed by atoms with Crippen LogP contribution in [0.5, 0.6) is 0 Å². The van der Waals surface area contributed by atoms with Gasteiger partial charge in [-0.05, 0) is 25.2 Å². The highest BCUT2D eigenvalue weighted by molar-refractivity contribution is 7.90. The van der Waals surface area contributed by atoms with Crippen LogP contribution in [-0.4, -0.2) is 43.9 Å². The molecule has 1 saturated carbocycles. The number of hydrogen-bond donors (Lipinski definition) is 2. The Balaban J connectivity index is 2.94. The fourth-order valence-electron chi connectivity index (χ4n) is 2.85. The molecule has 128 valence electrons. The summed E-state index contributed by atoms with van der Waals surface area (Å²) in [6, 6.07) is -1.18. The summed E-state index contributed by atoms with van der Waals surface area (Å²) in [5.74, 6) is -2.45. The Bertz CT molecular complexity index is 501. The molecule has 0 spiro atoms. The minimum absolute atomic E-state index is 0.0339. The molecule has 22 heavy (non-hydrogen) atoms. The molecule has 0 aromatic heterocycles. The zero-order valence-corrected chi connectivity index (χ0v) is 14.1. The first-order valence-corrected chi connectivity index (χ1v) is 9.05. The highest BCUT2D eigenvalue weighted by atomic mass is 32.2. The lowest BCUT2D eigenvalue weighted by Crippen LogP contribution is -2.49. The molecule has 0 aliphatic heterocycles. The second-order valence-electron chi connectivity index (χ2n) is 6.14. The van der Waals surface area contributed by atoms with Gasteiger partial charge in [-0.2, -0.15) is 0 Å². The van der Waals surface area contributed by atoms with E-state index in [0.717, 1.165) is 6.42 Å². The van der Waals surface area contributed by atoms with Gasteiger partial charge in [0, 0.05) is 0 Å². The molecule has 0 saturated heterocycles. The average Bonchev–Trinajstić information content (AvgIpc) is 2.45. The summed E-state index contributed by atoms with van der Waals surface area (Å²) in [4.78, 5) is 23.0. The molecule has 0 aromatic rings. The lowest BCUT2D eigenvalue weighted by Gasteiger charge is -2.30. The third-order valence-corrected chi connectivity index (χ3v) is 5.89. The predicted molar refractivity (Wildman–Crippen MR) is 80.7 cm³/mol. The van der Waals surface area contributed by atoms with E-state index < -0.39 is 39.2 Å². The first kappa shape index (κ1) is 18.9. The van der Waals surface area contributed by atoms with Crippen molar-refractivity contribution in [1.82, 2.24) is 4.72 Å². The molecule has 8 heteroatoms. The summed E-state index contributed by atoms with van der Waals surface area (Å²) in [5, 5.41) is 8.26. The molecule has 7 nitrogen and oxygen atoms in total. The van der Waals surface area contributed by atoms with Crippen LogP contribution in [0.25, 0.3) is 0 Å². The van der Waals surface area contributed by atoms with Gasteiger partial charge in [-0.1, -0.05) is 26.7 Å². The van der Waals surface area contributed by atoms with Gasteiger partial charge in [-0.25, -0.2) is 13.1 Å². The number of carboxylic acids is 1. The van der Waals surface area contributed by atoms with Crippen LogP contribution in [0.3, 0.4) is 0 Å². The maximum absolute atomic E-state index is 12.5. The van der Waals surface area contributed by atoms with Gasteiger partial charge >= 0.3 is 11.9 Å². The highest BCUT2D eigenvalue weighted by Gasteiger charge is 2.41. The minimum atomic E-state index is -3.91. The predicted octanol–water partition coefficient (Wildman–Crippen LogP) is 1.14. The zero-order chi connectivity index (χ0) is 16.9. The Kier molecular flexibility index (Phi) is 6.80. The third kappa shape index (κ3) is 4.95. The van der Waals surface area contributed by atoms with E-state index in [4.69, 9.17) is 0 Å². The van der Waals surface area contributed by atoms with Crippen molar-refractivity contribution in [2.75, 3.05) is 7.11 Å². The number of carbonyl (C=O) groups is 2. The standard InChI is InChI=1S/C14H25NO6S/c1-9(2)8-11(13(16)17)15-22(19,20)12-7-5-4-6-10(12)14(18)21-3/h9-12,15H,4-8H2,1-3H3,(H,16,17). The SMILES string of the molecule is COC(=O)C1CCCCC1S(=O)(=O)NC(CC(C)C)C(=O)O. The Morgan fingerprint density at radius 1 is 1.27 bits per heavy atom. The molecule has 1 aliphatic rings. The summed E-state index contributed by atoms with van der Waals surface area (Å²) in [7, 11) is -2.68. The van der Waals surface area contributed by atoms with Crippen LogP contribution in [0.1, 0.15) is 46.0 Å². The normalized spacial score (nSPS) is 24.0. The molecule has 3 atom stereocenters. The van der Waals surface area contributed by atoms with Crippen molar-refractivity contribution >= 4 is 22.0 Å². The molecule has 0 radical (unpaired) electrons. The Hall–Kier alpha value is -1.15. The van der Waals surface area contributed by atoms with Gasteiger partial charge in [0.2, 0.25) is 10.0 Å². The molecule has 0 heterocycles. The average molecular weight is 335 g/mol. The number of carboxylic acid groups (broad SMARTS) is 1. The van der Waals surface area contributed by atoms with Gasteiger partial charge in [0.15, 0.2) is 0 Å². The number of aliphatic carboxylic acids is 1. The van der Waals surface area contributed by atoms with E-state index >= 15 is 0 Å². The van der Waals surface area contributed by atoms with Crippen molar-refractivity contribution in [3.8, 4) is 0 Å². The smallest absolute Gasteiger partial charge is 0.321 e. The van der Waals surface area contributed by atoms with Gasteiger partial charge < -0.3 is 9.84 Å². The molecule has 0 bridgehead atoms. The van der Waals surface area contributed by atoms with Crippen molar-refractivity contribution in [2.45, 2.75) is 57.2 Å². The Morgan fingerprint density at radius 3 is 2.36 bits per heavy atom. The lowest BCUT2D eigenvalue weighted by molar-refractivity contribution is -0.146. The van der Waals surface area contributed by atoms with Gasteiger partial charge in [0.05, 0.1) is 18.3 Å². The minimum Gasteiger partial charge on any atom is -0.480 e. The summed E-state index contributed by atoms with van der Waals surface area (Å²) in [6.45, 7) is 3.64. The summed E-state index contributed by atoms with van der Waals surface area (Å²) >= 11 is 0. The van der Waals surface area contributed by atoms with Crippen LogP contribution in [0, 0.1) is 11.8 Å². The van der Waals surface area contributed by atoms with E-state index in [-0.39, 0.29) is 12.3 Å². The van der Waals surface area contributed by atoms with Crippen molar-refractivity contribution < 1.29 is 27.9 Å². The van der Waals surface area contributed by atoms with Crippen molar-refractivity contribution in [1.29, 1.82) is 0 Å². The Labute approximate surface area is 131 Å². The monoisotopic (exact) mass is 335 g/mol. The molecule has 3 unspecified atom stereocenters. The summed E-state index contributed by atoms with van der Waals surface area (Å²) < 4.78 is 32.0. The van der Waals surface area contributed by atoms with Crippen LogP contribution >= 0.6 is 0 Å². The number of carbonyl (C=O) groups excluding carboxylic acids is 1. The number of methoxy groups -OCH3 is 1. The van der Waals surface area contributed by atoms with E-state index in [2.05, 4.69) is 9.46 Å². The van der Waals surface area contributed by atoms with E-state index in [1.54, 1.807) is 0 Å². The largest absolute Gasteiger partial charge is 0.480 e. The molecule has 1 fully saturated rings. The molecular formula is C14H25NO6S. The van der Waals surface area contributed by atoms with Crippen molar-refractivity contribution in [2.24, 2.45) is 11.8 Å². The third-order valence-electron chi connectivity index (χ3n) is 3.92. The molecule has 1 rings (SSSR count). The number of nitrogens with one attached hydrogen (secondary N) is 1. The van der Waals surface area contributed by atoms with Gasteiger partial charge in [-0.3, -0.25) is 9.59 Å². The fraction of sp³-hybridized carbons (Fsp3) is 0.857. The van der Waals surface area contributed by atoms with Gasteiger partial charge in [0.25, 0.3) is 0 Å². The van der Waals surface area contributed by atoms with Crippen LogP contribution in [0.4, 0.5) is 0 Å². The molecular weight excluding hydrogens is 310 g/mol. The molecule has 0 amide bonds. The first-order chi connectivity index (χ1) is 10.2. The van der Waals surface area contributed by atoms with Crippen molar-refractivity contribution in [3.63, 3.8) is 0 Å². The highest BCUT2D eigenvalue weighted by Crippen LogP contribution is 2.30. The fourth-order valence-corrected chi connectivity index (χ4v) is 4.77. The maximum atomic E-state index is 12.5. The van der Waals surface area contributed by atoms with Gasteiger partial charge in [0.1, 0.15) is 6.04 Å². The first-order valence-electron chi connectivity index (χ1n) is 7.50. The second kappa shape index (κ2) is 7.92. The zero-order valence-electron chi connectivity index (χ0n) is 13.2. The number of ether oxygens (including phenoxy) is 1. The maximum Gasteiger partial charge on any atom is 0.321 e. The van der Waals surface area contributed by atoms with Crippen LogP contribution in [0.15, 0.2) is 0 Å². The quantitative estimate of drug-likeness (QED) is 0.675. The van der Waals surface area contributed by atoms with Crippen molar-refractivity contribution in [3.05, 3.63) is 0 Å². The summed E-state index contributed by atoms with van der Waals surface area (Å²) in [6.07, 6.45) is 2.44. The van der Waals surface area contributed by atoms with Crippen LogP contribution < -0.4 is 4.72 Å². The Morgan fingerprint density at radius 2 is 1.86 bits per heavy atom. The van der Waals surface area contributed by atoms with Crippen LogP contribution in [0.2, 0.25) is 0 Å². The van der Waals surface area contributed by atoms with E-state index in [0.29, 0.717) is 19.3 Å². The number of hydrogen-bond acceptors (Lipinski definition) is 5.